The van der Waals surface area contributed by atoms with Crippen LogP contribution in [0.25, 0.3) is 0 Å². The fourth-order valence-electron chi connectivity index (χ4n) is 5.79. The van der Waals surface area contributed by atoms with Crippen LogP contribution in [0.5, 0.6) is 0 Å². The molecule has 0 bridgehead atoms. The van der Waals surface area contributed by atoms with Gasteiger partial charge in [0.25, 0.3) is 5.91 Å². The van der Waals surface area contributed by atoms with E-state index < -0.39 is 0 Å². The average molecular weight is 602 g/mol. The topological polar surface area (TPSA) is 85.9 Å². The Labute approximate surface area is 259 Å². The molecule has 3 aromatic rings. The zero-order chi connectivity index (χ0) is 29.9. The van der Waals surface area contributed by atoms with Gasteiger partial charge in [0.15, 0.2) is 0 Å². The molecule has 0 aliphatic carbocycles. The number of piperidine rings is 1. The van der Waals surface area contributed by atoms with Crippen LogP contribution in [-0.4, -0.2) is 75.6 Å². The summed E-state index contributed by atoms with van der Waals surface area (Å²) in [6, 6.07) is 23.7. The van der Waals surface area contributed by atoms with Gasteiger partial charge in [-0.3, -0.25) is 9.69 Å². The largest absolute Gasteiger partial charge is 0.379 e. The molecule has 43 heavy (non-hydrogen) atoms. The van der Waals surface area contributed by atoms with Crippen LogP contribution in [0.4, 0.5) is 21.9 Å². The van der Waals surface area contributed by atoms with Gasteiger partial charge in [-0.1, -0.05) is 30.3 Å². The summed E-state index contributed by atoms with van der Waals surface area (Å²) in [5.74, 6) is 0.519. The first kappa shape index (κ1) is 30.9. The van der Waals surface area contributed by atoms with E-state index in [-0.39, 0.29) is 11.9 Å². The fraction of sp³-hybridized carbons (Fsp3) is 0.412. The summed E-state index contributed by atoms with van der Waals surface area (Å²) in [5.41, 5.74) is 4.19. The number of carbonyl (C=O) groups is 2. The van der Waals surface area contributed by atoms with E-state index in [2.05, 4.69) is 56.1 Å². The molecule has 2 saturated heterocycles. The molecule has 0 aromatic heterocycles. The van der Waals surface area contributed by atoms with Crippen molar-refractivity contribution < 1.29 is 14.3 Å². The van der Waals surface area contributed by atoms with E-state index in [9.17, 15) is 9.59 Å². The van der Waals surface area contributed by atoms with Crippen molar-refractivity contribution in [2.45, 2.75) is 30.6 Å². The summed E-state index contributed by atoms with van der Waals surface area (Å²) in [6.07, 6.45) is 6.13. The third-order valence-electron chi connectivity index (χ3n) is 8.21. The number of amides is 3. The maximum atomic E-state index is 13.6. The van der Waals surface area contributed by atoms with Crippen LogP contribution in [0.2, 0.25) is 0 Å². The molecule has 0 saturated carbocycles. The van der Waals surface area contributed by atoms with Gasteiger partial charge in [-0.05, 0) is 92.4 Å². The number of nitrogens with zero attached hydrogens (tertiary/aromatic N) is 2. The Morgan fingerprint density at radius 2 is 1.58 bits per heavy atom. The summed E-state index contributed by atoms with van der Waals surface area (Å²) >= 11 is 1.65. The highest BCUT2D eigenvalue weighted by atomic mass is 32.2. The monoisotopic (exact) mass is 601 g/mol. The zero-order valence-corrected chi connectivity index (χ0v) is 25.8. The predicted octanol–water partition coefficient (Wildman–Crippen LogP) is 5.96. The van der Waals surface area contributed by atoms with Gasteiger partial charge in [-0.25, -0.2) is 4.79 Å². The Morgan fingerprint density at radius 3 is 2.30 bits per heavy atom. The van der Waals surface area contributed by atoms with E-state index in [1.807, 2.05) is 42.7 Å². The number of hydrogen-bond acceptors (Lipinski definition) is 6. The minimum atomic E-state index is -0.344. The molecule has 0 spiro atoms. The van der Waals surface area contributed by atoms with Crippen molar-refractivity contribution in [2.24, 2.45) is 5.92 Å². The summed E-state index contributed by atoms with van der Waals surface area (Å²) in [4.78, 5) is 32.2. The smallest absolute Gasteiger partial charge is 0.323 e. The lowest BCUT2D eigenvalue weighted by atomic mass is 9.89. The number of urea groups is 1. The van der Waals surface area contributed by atoms with Gasteiger partial charge < -0.3 is 25.6 Å². The fourth-order valence-corrected chi connectivity index (χ4v) is 6.20. The van der Waals surface area contributed by atoms with Crippen LogP contribution < -0.4 is 20.9 Å². The molecule has 228 valence electrons. The first-order chi connectivity index (χ1) is 21.1. The highest BCUT2D eigenvalue weighted by molar-refractivity contribution is 7.98. The van der Waals surface area contributed by atoms with Gasteiger partial charge in [0.2, 0.25) is 0 Å². The van der Waals surface area contributed by atoms with Gasteiger partial charge in [0.05, 0.1) is 18.8 Å². The van der Waals surface area contributed by atoms with E-state index in [4.69, 9.17) is 4.74 Å². The molecule has 3 amide bonds. The number of anilines is 3. The highest BCUT2D eigenvalue weighted by Crippen LogP contribution is 2.30. The second-order valence-electron chi connectivity index (χ2n) is 11.2. The van der Waals surface area contributed by atoms with E-state index in [0.717, 1.165) is 82.2 Å². The summed E-state index contributed by atoms with van der Waals surface area (Å²) in [7, 11) is 0. The maximum absolute atomic E-state index is 13.6. The molecule has 5 rings (SSSR count). The second-order valence-corrected chi connectivity index (χ2v) is 12.1. The number of morpholine rings is 1. The SMILES string of the molecule is CSc1ccc(NC(=O)Nc2ccc(N3CCC(Cc4ccccc4)CC3)c(C(=O)NCCCN3CCOCC3)c2)cc1. The van der Waals surface area contributed by atoms with Crippen molar-refractivity contribution in [3.8, 4) is 0 Å². The zero-order valence-electron chi connectivity index (χ0n) is 25.0. The molecule has 3 aromatic carbocycles. The Morgan fingerprint density at radius 1 is 0.884 bits per heavy atom. The van der Waals surface area contributed by atoms with E-state index >= 15 is 0 Å². The van der Waals surface area contributed by atoms with Crippen molar-refractivity contribution >= 4 is 40.8 Å². The molecule has 0 unspecified atom stereocenters. The number of hydrogen-bond donors (Lipinski definition) is 3. The van der Waals surface area contributed by atoms with Crippen molar-refractivity contribution in [1.82, 2.24) is 10.2 Å². The number of rotatable bonds is 11. The number of benzene rings is 3. The lowest BCUT2D eigenvalue weighted by Crippen LogP contribution is -2.38. The number of ether oxygens (including phenoxy) is 1. The second kappa shape index (κ2) is 15.8. The molecule has 8 nitrogen and oxygen atoms in total. The first-order valence-electron chi connectivity index (χ1n) is 15.3. The van der Waals surface area contributed by atoms with Gasteiger partial charge >= 0.3 is 6.03 Å². The summed E-state index contributed by atoms with van der Waals surface area (Å²) < 4.78 is 5.44. The lowest BCUT2D eigenvalue weighted by molar-refractivity contribution is 0.0374. The minimum absolute atomic E-state index is 0.111. The van der Waals surface area contributed by atoms with Crippen LogP contribution in [0.1, 0.15) is 35.2 Å². The number of nitrogens with one attached hydrogen (secondary N) is 3. The average Bonchev–Trinajstić information content (AvgIpc) is 3.05. The van der Waals surface area contributed by atoms with Crippen LogP contribution in [0.15, 0.2) is 77.7 Å². The normalized spacial score (nSPS) is 16.1. The van der Waals surface area contributed by atoms with Crippen molar-refractivity contribution in [1.29, 1.82) is 0 Å². The van der Waals surface area contributed by atoms with Gasteiger partial charge in [-0.15, -0.1) is 11.8 Å². The molecular weight excluding hydrogens is 558 g/mol. The van der Waals surface area contributed by atoms with E-state index in [0.29, 0.717) is 29.4 Å². The predicted molar refractivity (Wildman–Crippen MR) is 177 cm³/mol. The number of carbonyl (C=O) groups excluding carboxylic acids is 2. The van der Waals surface area contributed by atoms with Gasteiger partial charge in [-0.2, -0.15) is 0 Å². The van der Waals surface area contributed by atoms with Gasteiger partial charge in [0, 0.05) is 54.7 Å². The Bertz CT molecular complexity index is 1320. The minimum Gasteiger partial charge on any atom is -0.379 e. The third-order valence-corrected chi connectivity index (χ3v) is 8.95. The standard InChI is InChI=1S/C34H43N5O3S/c1-43-30-11-8-28(9-12-30)36-34(41)37-29-10-13-32(39-18-14-27(15-19-39)24-26-6-3-2-4-7-26)31(25-29)33(40)35-16-5-17-38-20-22-42-23-21-38/h2-4,6-13,25,27H,5,14-24H2,1H3,(H,35,40)(H2,36,37,41). The van der Waals surface area contributed by atoms with Crippen LogP contribution >= 0.6 is 11.8 Å². The molecule has 0 radical (unpaired) electrons. The van der Waals surface area contributed by atoms with Crippen LogP contribution in [0, 0.1) is 5.92 Å². The van der Waals surface area contributed by atoms with Crippen LogP contribution in [0.3, 0.4) is 0 Å². The van der Waals surface area contributed by atoms with E-state index in [1.165, 1.54) is 5.56 Å². The molecular formula is C34H43N5O3S. The Balaban J connectivity index is 1.23. The molecule has 9 heteroatoms. The summed E-state index contributed by atoms with van der Waals surface area (Å²) in [5, 5.41) is 8.94. The first-order valence-corrected chi connectivity index (χ1v) is 16.5. The van der Waals surface area contributed by atoms with Crippen LogP contribution in [-0.2, 0) is 11.2 Å². The third kappa shape index (κ3) is 9.23. The van der Waals surface area contributed by atoms with E-state index in [1.54, 1.807) is 17.8 Å². The van der Waals surface area contributed by atoms with Crippen molar-refractivity contribution in [3.05, 3.63) is 83.9 Å². The molecule has 3 N–H and O–H groups in total. The number of thioether (sulfide) groups is 1. The molecule has 2 aliphatic rings. The quantitative estimate of drug-likeness (QED) is 0.186. The molecule has 2 heterocycles. The lowest BCUT2D eigenvalue weighted by Gasteiger charge is -2.35. The summed E-state index contributed by atoms with van der Waals surface area (Å²) in [6.45, 7) is 6.75. The molecule has 2 fully saturated rings. The maximum Gasteiger partial charge on any atom is 0.323 e. The Kier molecular flexibility index (Phi) is 11.4. The highest BCUT2D eigenvalue weighted by Gasteiger charge is 2.24. The van der Waals surface area contributed by atoms with Gasteiger partial charge in [0.1, 0.15) is 0 Å². The molecule has 0 atom stereocenters. The van der Waals surface area contributed by atoms with Crippen molar-refractivity contribution in [2.75, 3.05) is 74.3 Å². The Hall–Kier alpha value is -3.53. The molecule has 2 aliphatic heterocycles. The van der Waals surface area contributed by atoms with Crippen molar-refractivity contribution in [3.63, 3.8) is 0 Å².